The van der Waals surface area contributed by atoms with Crippen LogP contribution in [-0.2, 0) is 7.05 Å². The second-order valence-electron chi connectivity index (χ2n) is 3.93. The van der Waals surface area contributed by atoms with Crippen LogP contribution in [-0.4, -0.2) is 15.7 Å². The first-order valence-electron chi connectivity index (χ1n) is 5.36. The van der Waals surface area contributed by atoms with Crippen LogP contribution >= 0.6 is 27.5 Å². The number of amides is 1. The monoisotopic (exact) mass is 343 g/mol. The van der Waals surface area contributed by atoms with Crippen LogP contribution in [0.5, 0.6) is 11.6 Å². The molecule has 7 heteroatoms. The lowest BCUT2D eigenvalue weighted by atomic mass is 10.2. The van der Waals surface area contributed by atoms with E-state index in [2.05, 4.69) is 21.0 Å². The van der Waals surface area contributed by atoms with Crippen molar-refractivity contribution in [2.75, 3.05) is 0 Å². The average Bonchev–Trinajstić information content (AvgIpc) is 2.59. The molecule has 0 atom stereocenters. The van der Waals surface area contributed by atoms with Gasteiger partial charge in [0.2, 0.25) is 5.88 Å². The Labute approximate surface area is 123 Å². The van der Waals surface area contributed by atoms with Gasteiger partial charge in [0, 0.05) is 11.5 Å². The number of hydrogen-bond donors (Lipinski definition) is 1. The Bertz CT molecular complexity index is 655. The second-order valence-corrected chi connectivity index (χ2v) is 5.25. The van der Waals surface area contributed by atoms with Crippen LogP contribution < -0.4 is 10.5 Å². The van der Waals surface area contributed by atoms with E-state index < -0.39 is 5.91 Å². The zero-order valence-corrected chi connectivity index (χ0v) is 12.6. The molecule has 1 aromatic carbocycles. The highest BCUT2D eigenvalue weighted by Gasteiger charge is 2.20. The zero-order valence-electron chi connectivity index (χ0n) is 10.3. The molecule has 100 valence electrons. The average molecular weight is 345 g/mol. The van der Waals surface area contributed by atoms with Crippen molar-refractivity contribution in [1.82, 2.24) is 9.78 Å². The van der Waals surface area contributed by atoms with Gasteiger partial charge in [0.25, 0.3) is 5.91 Å². The number of carbonyl (C=O) groups is 1. The summed E-state index contributed by atoms with van der Waals surface area (Å²) < 4.78 is 7.93. The summed E-state index contributed by atoms with van der Waals surface area (Å²) in [7, 11) is 1.67. The number of nitrogens with two attached hydrogens (primary N) is 1. The summed E-state index contributed by atoms with van der Waals surface area (Å²) in [4.78, 5) is 11.4. The number of primary amides is 1. The number of aryl methyl sites for hydroxylation is 2. The molecule has 1 heterocycles. The second kappa shape index (κ2) is 5.22. The van der Waals surface area contributed by atoms with Gasteiger partial charge in [-0.3, -0.25) is 4.79 Å². The number of hydrogen-bond acceptors (Lipinski definition) is 3. The molecule has 0 bridgehead atoms. The number of benzene rings is 1. The maximum atomic E-state index is 11.4. The summed E-state index contributed by atoms with van der Waals surface area (Å²) in [5, 5.41) is 4.54. The van der Waals surface area contributed by atoms with Gasteiger partial charge in [-0.25, -0.2) is 4.68 Å². The van der Waals surface area contributed by atoms with Crippen molar-refractivity contribution in [3.05, 3.63) is 39.0 Å². The van der Waals surface area contributed by atoms with E-state index >= 15 is 0 Å². The molecule has 0 spiro atoms. The minimum Gasteiger partial charge on any atom is -0.437 e. The van der Waals surface area contributed by atoms with Gasteiger partial charge in [0.05, 0.1) is 10.7 Å². The summed E-state index contributed by atoms with van der Waals surface area (Å²) in [5.74, 6) is 0.0956. The highest BCUT2D eigenvalue weighted by Crippen LogP contribution is 2.33. The Hall–Kier alpha value is -1.53. The first kappa shape index (κ1) is 13.9. The highest BCUT2D eigenvalue weighted by atomic mass is 79.9. The fraction of sp³-hybridized carbons (Fsp3) is 0.167. The molecular weight excluding hydrogens is 334 g/mol. The third kappa shape index (κ3) is 2.74. The molecule has 0 saturated heterocycles. The molecule has 2 aromatic rings. The fourth-order valence-electron chi connectivity index (χ4n) is 1.70. The SMILES string of the molecule is Cc1nn(C)c(Oc2cc(Br)ccc2Cl)c1C(N)=O. The third-order valence-corrected chi connectivity index (χ3v) is 3.32. The van der Waals surface area contributed by atoms with Gasteiger partial charge in [0.1, 0.15) is 11.3 Å². The van der Waals surface area contributed by atoms with Gasteiger partial charge < -0.3 is 10.5 Å². The Balaban J connectivity index is 2.49. The number of rotatable bonds is 3. The predicted molar refractivity (Wildman–Crippen MR) is 75.7 cm³/mol. The van der Waals surface area contributed by atoms with Crippen molar-refractivity contribution in [2.24, 2.45) is 12.8 Å². The molecule has 5 nitrogen and oxygen atoms in total. The van der Waals surface area contributed by atoms with Crippen molar-refractivity contribution < 1.29 is 9.53 Å². The van der Waals surface area contributed by atoms with E-state index in [0.29, 0.717) is 16.5 Å². The van der Waals surface area contributed by atoms with Crippen molar-refractivity contribution in [2.45, 2.75) is 6.92 Å². The van der Waals surface area contributed by atoms with Crippen molar-refractivity contribution >= 4 is 33.4 Å². The van der Waals surface area contributed by atoms with Crippen LogP contribution in [0, 0.1) is 6.92 Å². The number of carbonyl (C=O) groups excluding carboxylic acids is 1. The smallest absolute Gasteiger partial charge is 0.256 e. The van der Waals surface area contributed by atoms with E-state index in [1.807, 2.05) is 0 Å². The molecular formula is C12H11BrClN3O2. The van der Waals surface area contributed by atoms with Gasteiger partial charge in [-0.15, -0.1) is 0 Å². The van der Waals surface area contributed by atoms with Crippen molar-refractivity contribution in [3.63, 3.8) is 0 Å². The van der Waals surface area contributed by atoms with Gasteiger partial charge in [-0.1, -0.05) is 27.5 Å². The van der Waals surface area contributed by atoms with Crippen LogP contribution in [0.2, 0.25) is 5.02 Å². The van der Waals surface area contributed by atoms with Gasteiger partial charge in [-0.05, 0) is 25.1 Å². The van der Waals surface area contributed by atoms with Crippen LogP contribution in [0.25, 0.3) is 0 Å². The minimum atomic E-state index is -0.591. The van der Waals surface area contributed by atoms with Crippen LogP contribution in [0.3, 0.4) is 0 Å². The topological polar surface area (TPSA) is 70.1 Å². The lowest BCUT2D eigenvalue weighted by Crippen LogP contribution is -2.13. The lowest BCUT2D eigenvalue weighted by Gasteiger charge is -2.09. The standard InChI is InChI=1S/C12H11BrClN3O2/c1-6-10(11(15)18)12(17(2)16-6)19-9-5-7(13)3-4-8(9)14/h3-5H,1-2H3,(H2,15,18). The maximum absolute atomic E-state index is 11.4. The van der Waals surface area contributed by atoms with Crippen LogP contribution in [0.4, 0.5) is 0 Å². The summed E-state index contributed by atoms with van der Waals surface area (Å²) >= 11 is 9.37. The quantitative estimate of drug-likeness (QED) is 0.930. The van der Waals surface area contributed by atoms with Crippen molar-refractivity contribution in [3.8, 4) is 11.6 Å². The molecule has 2 N–H and O–H groups in total. The molecule has 0 aliphatic heterocycles. The van der Waals surface area contributed by atoms with E-state index in [0.717, 1.165) is 4.47 Å². The number of halogens is 2. The minimum absolute atomic E-state index is 0.249. The normalized spacial score (nSPS) is 10.5. The predicted octanol–water partition coefficient (Wildman–Crippen LogP) is 3.04. The van der Waals surface area contributed by atoms with Gasteiger partial charge >= 0.3 is 0 Å². The lowest BCUT2D eigenvalue weighted by molar-refractivity contribution is 0.0997. The van der Waals surface area contributed by atoms with Crippen molar-refractivity contribution in [1.29, 1.82) is 0 Å². The molecule has 1 aromatic heterocycles. The first-order chi connectivity index (χ1) is 8.90. The molecule has 0 saturated carbocycles. The Morgan fingerprint density at radius 1 is 1.53 bits per heavy atom. The first-order valence-corrected chi connectivity index (χ1v) is 6.53. The van der Waals surface area contributed by atoms with Crippen LogP contribution in [0.15, 0.2) is 22.7 Å². The Morgan fingerprint density at radius 3 is 2.84 bits per heavy atom. The molecule has 0 unspecified atom stereocenters. The number of nitrogens with zero attached hydrogens (tertiary/aromatic N) is 2. The van der Waals surface area contributed by atoms with E-state index in [-0.39, 0.29) is 11.4 Å². The molecule has 19 heavy (non-hydrogen) atoms. The van der Waals surface area contributed by atoms with E-state index in [9.17, 15) is 4.79 Å². The highest BCUT2D eigenvalue weighted by molar-refractivity contribution is 9.10. The summed E-state index contributed by atoms with van der Waals surface area (Å²) in [6, 6.07) is 5.18. The Kier molecular flexibility index (Phi) is 3.82. The third-order valence-electron chi connectivity index (χ3n) is 2.52. The van der Waals surface area contributed by atoms with Gasteiger partial charge in [-0.2, -0.15) is 5.10 Å². The molecule has 0 radical (unpaired) electrons. The summed E-state index contributed by atoms with van der Waals surface area (Å²) in [5.41, 5.74) is 6.09. The van der Waals surface area contributed by atoms with Gasteiger partial charge in [0.15, 0.2) is 0 Å². The zero-order chi connectivity index (χ0) is 14.2. The molecule has 2 rings (SSSR count). The number of aromatic nitrogens is 2. The Morgan fingerprint density at radius 2 is 2.21 bits per heavy atom. The molecule has 0 aliphatic rings. The fourth-order valence-corrected chi connectivity index (χ4v) is 2.19. The molecule has 0 fully saturated rings. The summed E-state index contributed by atoms with van der Waals surface area (Å²) in [6.45, 7) is 1.69. The van der Waals surface area contributed by atoms with E-state index in [1.54, 1.807) is 32.2 Å². The molecule has 0 aliphatic carbocycles. The maximum Gasteiger partial charge on any atom is 0.256 e. The number of ether oxygens (including phenoxy) is 1. The van der Waals surface area contributed by atoms with E-state index in [4.69, 9.17) is 22.1 Å². The summed E-state index contributed by atoms with van der Waals surface area (Å²) in [6.07, 6.45) is 0. The van der Waals surface area contributed by atoms with Crippen LogP contribution in [0.1, 0.15) is 16.1 Å². The van der Waals surface area contributed by atoms with E-state index in [1.165, 1.54) is 4.68 Å². The molecule has 1 amide bonds. The largest absolute Gasteiger partial charge is 0.437 e.